The van der Waals surface area contributed by atoms with Crippen molar-refractivity contribution in [3.63, 3.8) is 0 Å². The number of nitrogens with two attached hydrogens (primary N) is 1. The molecule has 0 unspecified atom stereocenters. The molecule has 26 heavy (non-hydrogen) atoms. The summed E-state index contributed by atoms with van der Waals surface area (Å²) in [5.41, 5.74) is 9.33. The molecule has 0 atom stereocenters. The third-order valence-corrected chi connectivity index (χ3v) is 4.75. The number of nitrogens with one attached hydrogen (secondary N) is 2. The maximum Gasteiger partial charge on any atom is 0.344 e. The van der Waals surface area contributed by atoms with Gasteiger partial charge in [0.1, 0.15) is 5.58 Å². The quantitative estimate of drug-likeness (QED) is 0.384. The Kier molecular flexibility index (Phi) is 4.18. The molecule has 0 aliphatic carbocycles. The molecule has 4 N–H and O–H groups in total. The Morgan fingerprint density at radius 1 is 1.12 bits per heavy atom. The molecule has 0 spiro atoms. The molecule has 1 fully saturated rings. The molecule has 2 aromatic carbocycles. The van der Waals surface area contributed by atoms with E-state index in [9.17, 15) is 4.79 Å². The van der Waals surface area contributed by atoms with E-state index in [1.54, 1.807) is 18.2 Å². The van der Waals surface area contributed by atoms with Gasteiger partial charge in [-0.15, -0.1) is 0 Å². The van der Waals surface area contributed by atoms with Crippen LogP contribution in [0, 0.1) is 5.41 Å². The zero-order chi connectivity index (χ0) is 18.1. The molecule has 0 radical (unpaired) electrons. The second kappa shape index (κ2) is 6.65. The zero-order valence-corrected chi connectivity index (χ0v) is 14.3. The first kappa shape index (κ1) is 16.4. The van der Waals surface area contributed by atoms with Crippen LogP contribution in [0.2, 0.25) is 0 Å². The molecule has 3 aromatic rings. The van der Waals surface area contributed by atoms with E-state index in [1.165, 1.54) is 6.21 Å². The van der Waals surface area contributed by atoms with E-state index in [1.807, 2.05) is 18.2 Å². The number of rotatable bonds is 3. The summed E-state index contributed by atoms with van der Waals surface area (Å²) in [5.74, 6) is 0. The highest BCUT2D eigenvalue weighted by molar-refractivity contribution is 5.89. The molecule has 2 heterocycles. The van der Waals surface area contributed by atoms with Gasteiger partial charge in [0, 0.05) is 60.8 Å². The number of benzene rings is 2. The monoisotopic (exact) mass is 348 g/mol. The van der Waals surface area contributed by atoms with Gasteiger partial charge < -0.3 is 25.8 Å². The van der Waals surface area contributed by atoms with Crippen LogP contribution in [-0.2, 0) is 0 Å². The topological polar surface area (TPSA) is 95.4 Å². The second-order valence-corrected chi connectivity index (χ2v) is 6.39. The van der Waals surface area contributed by atoms with Crippen LogP contribution in [-0.4, -0.2) is 32.4 Å². The maximum atomic E-state index is 12.5. The van der Waals surface area contributed by atoms with E-state index in [2.05, 4.69) is 16.3 Å². The van der Waals surface area contributed by atoms with E-state index in [-0.39, 0.29) is 0 Å². The molecule has 1 saturated heterocycles. The zero-order valence-electron chi connectivity index (χ0n) is 14.3. The molecule has 6 nitrogen and oxygen atoms in total. The van der Waals surface area contributed by atoms with E-state index in [0.717, 1.165) is 37.3 Å². The smallest absolute Gasteiger partial charge is 0.344 e. The minimum Gasteiger partial charge on any atom is -0.422 e. The summed E-state index contributed by atoms with van der Waals surface area (Å²) < 4.78 is 5.60. The van der Waals surface area contributed by atoms with Crippen LogP contribution in [0.3, 0.4) is 0 Å². The number of nitrogen functional groups attached to an aromatic ring is 1. The predicted octanol–water partition coefficient (Wildman–Crippen LogP) is 2.45. The lowest BCUT2D eigenvalue weighted by Gasteiger charge is -2.29. The van der Waals surface area contributed by atoms with Crippen LogP contribution >= 0.6 is 0 Å². The summed E-state index contributed by atoms with van der Waals surface area (Å²) in [4.78, 5) is 14.8. The van der Waals surface area contributed by atoms with Crippen LogP contribution in [0.15, 0.2) is 51.7 Å². The van der Waals surface area contributed by atoms with Crippen molar-refractivity contribution < 1.29 is 4.42 Å². The average Bonchev–Trinajstić information content (AvgIpc) is 2.68. The minimum absolute atomic E-state index is 0.393. The summed E-state index contributed by atoms with van der Waals surface area (Å²) in [7, 11) is 0. The molecule has 1 aliphatic rings. The highest BCUT2D eigenvalue weighted by atomic mass is 16.4. The first-order valence-electron chi connectivity index (χ1n) is 8.59. The number of anilines is 2. The fourth-order valence-corrected chi connectivity index (χ4v) is 3.29. The maximum absolute atomic E-state index is 12.5. The molecule has 132 valence electrons. The molecule has 6 heteroatoms. The van der Waals surface area contributed by atoms with Crippen LogP contribution in [0.1, 0.15) is 5.56 Å². The highest BCUT2D eigenvalue weighted by Gasteiger charge is 2.13. The molecule has 1 aliphatic heterocycles. The van der Waals surface area contributed by atoms with Crippen molar-refractivity contribution in [2.75, 3.05) is 36.8 Å². The Morgan fingerprint density at radius 3 is 2.69 bits per heavy atom. The van der Waals surface area contributed by atoms with Crippen molar-refractivity contribution in [2.24, 2.45) is 0 Å². The highest BCUT2D eigenvalue weighted by Crippen LogP contribution is 2.26. The van der Waals surface area contributed by atoms with Gasteiger partial charge in [-0.05, 0) is 35.9 Å². The molecular formula is C20H20N4O2. The molecule has 4 rings (SSSR count). The Morgan fingerprint density at radius 2 is 1.92 bits per heavy atom. The van der Waals surface area contributed by atoms with Gasteiger partial charge in [0.25, 0.3) is 0 Å². The summed E-state index contributed by atoms with van der Waals surface area (Å²) in [5, 5.41) is 11.6. The molecule has 0 bridgehead atoms. The Bertz CT molecular complexity index is 1040. The normalized spacial score (nSPS) is 14.5. The third-order valence-electron chi connectivity index (χ3n) is 4.75. The van der Waals surface area contributed by atoms with Crippen LogP contribution in [0.5, 0.6) is 0 Å². The fourth-order valence-electron chi connectivity index (χ4n) is 3.29. The predicted molar refractivity (Wildman–Crippen MR) is 105 cm³/mol. The van der Waals surface area contributed by atoms with Gasteiger partial charge >= 0.3 is 5.63 Å². The standard InChI is InChI=1S/C20H20N4O2/c21-12-15-9-13(2-4-18(15)22)17-10-14-1-3-16(11-19(14)26-20(17)25)24-7-5-23-6-8-24/h1-4,9-12,21,23H,5-8,22H2. The lowest BCUT2D eigenvalue weighted by Crippen LogP contribution is -2.43. The Balaban J connectivity index is 1.77. The average molecular weight is 348 g/mol. The van der Waals surface area contributed by atoms with E-state index < -0.39 is 5.63 Å². The molecule has 1 aromatic heterocycles. The lowest BCUT2D eigenvalue weighted by atomic mass is 10.0. The van der Waals surface area contributed by atoms with Gasteiger partial charge in [-0.25, -0.2) is 4.79 Å². The van der Waals surface area contributed by atoms with Crippen LogP contribution < -0.4 is 21.6 Å². The number of hydrogen-bond donors (Lipinski definition) is 3. The van der Waals surface area contributed by atoms with E-state index >= 15 is 0 Å². The van der Waals surface area contributed by atoms with Gasteiger partial charge in [-0.3, -0.25) is 0 Å². The number of piperazine rings is 1. The van der Waals surface area contributed by atoms with Crippen molar-refractivity contribution in [3.8, 4) is 11.1 Å². The summed E-state index contributed by atoms with van der Waals surface area (Å²) in [6, 6.07) is 13.0. The molecule has 0 amide bonds. The van der Waals surface area contributed by atoms with Crippen molar-refractivity contribution >= 4 is 28.6 Å². The number of nitrogens with zero attached hydrogens (tertiary/aromatic N) is 1. The van der Waals surface area contributed by atoms with E-state index in [0.29, 0.717) is 28.0 Å². The number of fused-ring (bicyclic) bond motifs is 1. The van der Waals surface area contributed by atoms with Crippen LogP contribution in [0.4, 0.5) is 11.4 Å². The summed E-state index contributed by atoms with van der Waals surface area (Å²) >= 11 is 0. The van der Waals surface area contributed by atoms with Crippen molar-refractivity contribution in [1.82, 2.24) is 5.32 Å². The first-order valence-corrected chi connectivity index (χ1v) is 8.59. The minimum atomic E-state index is -0.393. The van der Waals surface area contributed by atoms with Gasteiger partial charge in [0.05, 0.1) is 5.56 Å². The Labute approximate surface area is 150 Å². The van der Waals surface area contributed by atoms with Gasteiger partial charge in [-0.1, -0.05) is 6.07 Å². The summed E-state index contributed by atoms with van der Waals surface area (Å²) in [6.45, 7) is 3.78. The summed E-state index contributed by atoms with van der Waals surface area (Å²) in [6.07, 6.45) is 1.18. The van der Waals surface area contributed by atoms with Gasteiger partial charge in [0.15, 0.2) is 0 Å². The van der Waals surface area contributed by atoms with Crippen molar-refractivity contribution in [1.29, 1.82) is 5.41 Å². The van der Waals surface area contributed by atoms with Gasteiger partial charge in [-0.2, -0.15) is 0 Å². The third kappa shape index (κ3) is 2.95. The second-order valence-electron chi connectivity index (χ2n) is 6.39. The first-order chi connectivity index (χ1) is 12.7. The molecular weight excluding hydrogens is 328 g/mol. The lowest BCUT2D eigenvalue weighted by molar-refractivity contribution is 0.561. The SMILES string of the molecule is N=Cc1cc(-c2cc3ccc(N4CCNCC4)cc3oc2=O)ccc1N. The molecule has 0 saturated carbocycles. The Hall–Kier alpha value is -3.12. The number of hydrogen-bond acceptors (Lipinski definition) is 6. The van der Waals surface area contributed by atoms with E-state index in [4.69, 9.17) is 15.6 Å². The largest absolute Gasteiger partial charge is 0.422 e. The fraction of sp³-hybridized carbons (Fsp3) is 0.200. The van der Waals surface area contributed by atoms with Crippen molar-refractivity contribution in [2.45, 2.75) is 0 Å². The van der Waals surface area contributed by atoms with Crippen LogP contribution in [0.25, 0.3) is 22.1 Å². The van der Waals surface area contributed by atoms with Crippen molar-refractivity contribution in [3.05, 3.63) is 58.4 Å². The van der Waals surface area contributed by atoms with Gasteiger partial charge in [0.2, 0.25) is 0 Å².